The number of anilines is 2. The Bertz CT molecular complexity index is 2400. The lowest BCUT2D eigenvalue weighted by atomic mass is 9.93. The summed E-state index contributed by atoms with van der Waals surface area (Å²) in [5.74, 6) is 0.499. The minimum atomic E-state index is -3.75. The number of carbonyl (C=O) groups excluding carboxylic acids is 5. The van der Waals surface area contributed by atoms with E-state index in [0.717, 1.165) is 24.8 Å². The van der Waals surface area contributed by atoms with Gasteiger partial charge in [-0.2, -0.15) is 0 Å². The van der Waals surface area contributed by atoms with Crippen molar-refractivity contribution in [2.75, 3.05) is 49.5 Å². The van der Waals surface area contributed by atoms with Gasteiger partial charge in [-0.1, -0.05) is 30.8 Å². The molecule has 16 heteroatoms. The van der Waals surface area contributed by atoms with Gasteiger partial charge in [0.15, 0.2) is 11.5 Å². The maximum Gasteiger partial charge on any atom is 0.586 e. The smallest absolute Gasteiger partial charge is 0.445 e. The molecule has 4 aliphatic rings. The summed E-state index contributed by atoms with van der Waals surface area (Å²) in [6, 6.07) is 18.6. The first-order valence-electron chi connectivity index (χ1n) is 20.5. The number of fused-ring (bicyclic) bond motifs is 1. The Morgan fingerprint density at radius 1 is 0.951 bits per heavy atom. The molecule has 0 atom stereocenters. The number of piperazine rings is 1. The van der Waals surface area contributed by atoms with Crippen LogP contribution in [0.4, 0.5) is 20.5 Å². The van der Waals surface area contributed by atoms with Crippen molar-refractivity contribution in [2.24, 2.45) is 5.92 Å². The molecule has 5 heterocycles. The van der Waals surface area contributed by atoms with E-state index in [1.807, 2.05) is 24.0 Å². The molecular weight excluding hydrogens is 791 g/mol. The summed E-state index contributed by atoms with van der Waals surface area (Å²) >= 11 is 0. The molecule has 0 bridgehead atoms. The molecule has 1 saturated carbocycles. The third-order valence-electron chi connectivity index (χ3n) is 11.9. The van der Waals surface area contributed by atoms with Gasteiger partial charge in [0.05, 0.1) is 11.1 Å². The molecule has 14 nitrogen and oxygen atoms in total. The van der Waals surface area contributed by atoms with Crippen LogP contribution in [0.5, 0.6) is 11.5 Å². The summed E-state index contributed by atoms with van der Waals surface area (Å²) in [4.78, 5) is 73.9. The van der Waals surface area contributed by atoms with E-state index in [0.29, 0.717) is 97.8 Å². The van der Waals surface area contributed by atoms with Crippen LogP contribution in [-0.2, 0) is 31.0 Å². The number of hydrogen-bond acceptors (Lipinski definition) is 9. The third-order valence-corrected chi connectivity index (χ3v) is 11.9. The highest BCUT2D eigenvalue weighted by molar-refractivity contribution is 6.01. The number of furan rings is 1. The number of benzene rings is 2. The average Bonchev–Trinajstić information content (AvgIpc) is 3.83. The molecule has 0 spiro atoms. The van der Waals surface area contributed by atoms with Gasteiger partial charge < -0.3 is 34.3 Å². The van der Waals surface area contributed by atoms with Gasteiger partial charge in [-0.15, -0.1) is 8.78 Å². The number of pyridine rings is 1. The summed E-state index contributed by atoms with van der Waals surface area (Å²) < 4.78 is 42.2. The monoisotopic (exact) mass is 840 g/mol. The summed E-state index contributed by atoms with van der Waals surface area (Å²) in [7, 11) is 0. The van der Waals surface area contributed by atoms with Gasteiger partial charge in [0.2, 0.25) is 29.5 Å². The van der Waals surface area contributed by atoms with Crippen LogP contribution < -0.4 is 25.0 Å². The Kier molecular flexibility index (Phi) is 11.4. The molecule has 3 fully saturated rings. The Hall–Kier alpha value is -6.58. The zero-order valence-corrected chi connectivity index (χ0v) is 33.7. The highest BCUT2D eigenvalue weighted by Crippen LogP contribution is 2.52. The number of halogens is 2. The van der Waals surface area contributed by atoms with Gasteiger partial charge in [0.25, 0.3) is 5.91 Å². The van der Waals surface area contributed by atoms with Crippen molar-refractivity contribution >= 4 is 41.2 Å². The van der Waals surface area contributed by atoms with E-state index < -0.39 is 11.7 Å². The van der Waals surface area contributed by atoms with Crippen LogP contribution in [0.2, 0.25) is 0 Å². The standard InChI is InChI=1S/C45H46F2N6O8.2H2/c1-3-37(54)52-23-24-53(39(56)27-52)40-14-10-33(59-40)9-13-38(55)51-21-16-29(17-22-51)15-20-48-42(57)31-6-4-5-30(25-31)41-28(2)7-12-36(49-41)50-43(58)44(18-19-44)32-8-11-34-35(26-32)61-45(46,47)60-34;;/h3-8,10-12,14,25-26,29H,1,9,13,15-24,27H2,2H3,(H,48,57)(H,49,50,58);2*1H. The van der Waals surface area contributed by atoms with Gasteiger partial charge in [0.1, 0.15) is 18.1 Å². The van der Waals surface area contributed by atoms with Crippen molar-refractivity contribution in [3.8, 4) is 22.8 Å². The summed E-state index contributed by atoms with van der Waals surface area (Å²) in [6.07, 6.45) is 1.65. The number of carbonyl (C=O) groups is 5. The zero-order valence-electron chi connectivity index (χ0n) is 33.7. The van der Waals surface area contributed by atoms with Gasteiger partial charge in [-0.05, 0) is 98.5 Å². The van der Waals surface area contributed by atoms with E-state index in [9.17, 15) is 32.8 Å². The first-order chi connectivity index (χ1) is 29.3. The normalized spacial score (nSPS) is 17.8. The lowest BCUT2D eigenvalue weighted by molar-refractivity contribution is -0.286. The number of ether oxygens (including phenoxy) is 2. The molecule has 61 heavy (non-hydrogen) atoms. The molecule has 1 aliphatic carbocycles. The molecular formula is C45H50F2N6O8. The van der Waals surface area contributed by atoms with E-state index in [2.05, 4.69) is 26.7 Å². The predicted molar refractivity (Wildman–Crippen MR) is 223 cm³/mol. The van der Waals surface area contributed by atoms with E-state index in [1.54, 1.807) is 42.5 Å². The minimum Gasteiger partial charge on any atom is -0.445 e. The molecule has 4 aromatic rings. The number of nitrogens with zero attached hydrogens (tertiary/aromatic N) is 4. The number of alkyl halides is 2. The van der Waals surface area contributed by atoms with Crippen LogP contribution in [0.1, 0.15) is 68.6 Å². The Labute approximate surface area is 353 Å². The van der Waals surface area contributed by atoms with Gasteiger partial charge in [-0.3, -0.25) is 28.9 Å². The topological polar surface area (TPSA) is 164 Å². The second-order valence-electron chi connectivity index (χ2n) is 15.9. The lowest BCUT2D eigenvalue weighted by Crippen LogP contribution is -2.52. The van der Waals surface area contributed by atoms with Crippen LogP contribution in [0.25, 0.3) is 11.3 Å². The quantitative estimate of drug-likeness (QED) is 0.143. The first-order valence-corrected chi connectivity index (χ1v) is 20.5. The lowest BCUT2D eigenvalue weighted by Gasteiger charge is -2.32. The summed E-state index contributed by atoms with van der Waals surface area (Å²) in [5, 5.41) is 5.94. The molecule has 2 saturated heterocycles. The van der Waals surface area contributed by atoms with E-state index in [-0.39, 0.29) is 56.9 Å². The fourth-order valence-electron chi connectivity index (χ4n) is 8.17. The average molecular weight is 841 g/mol. The number of aromatic nitrogens is 1. The van der Waals surface area contributed by atoms with Crippen LogP contribution in [0, 0.1) is 12.8 Å². The van der Waals surface area contributed by atoms with Crippen LogP contribution in [0.15, 0.2) is 83.8 Å². The summed E-state index contributed by atoms with van der Waals surface area (Å²) in [5.41, 5.74) is 2.27. The van der Waals surface area contributed by atoms with Crippen molar-refractivity contribution < 1.29 is 49.5 Å². The molecule has 5 amide bonds. The number of rotatable bonds is 13. The SMILES string of the molecule is C=CC(=O)N1CCN(c2ccc(CCC(=O)N3CCC(CCNC(=O)c4cccc(-c5nc(NC(=O)C6(c7ccc8c(c7)OC(F)(F)O8)CC6)ccc5C)c4)CC3)o2)C(=O)C1.[HH].[HH]. The molecule has 3 aliphatic heterocycles. The molecule has 322 valence electrons. The largest absolute Gasteiger partial charge is 0.586 e. The van der Waals surface area contributed by atoms with Crippen molar-refractivity contribution in [1.29, 1.82) is 0 Å². The van der Waals surface area contributed by atoms with Crippen LogP contribution in [-0.4, -0.2) is 89.9 Å². The molecule has 2 N–H and O–H groups in total. The number of aryl methyl sites for hydroxylation is 2. The second kappa shape index (κ2) is 16.8. The van der Waals surface area contributed by atoms with Gasteiger partial charge in [0, 0.05) is 65.6 Å². The van der Waals surface area contributed by atoms with E-state index in [1.165, 1.54) is 28.0 Å². The predicted octanol–water partition coefficient (Wildman–Crippen LogP) is 6.49. The molecule has 0 unspecified atom stereocenters. The molecule has 2 aromatic carbocycles. The van der Waals surface area contributed by atoms with Crippen molar-refractivity contribution in [2.45, 2.75) is 63.6 Å². The van der Waals surface area contributed by atoms with Gasteiger partial charge >= 0.3 is 6.29 Å². The fourth-order valence-corrected chi connectivity index (χ4v) is 8.17. The van der Waals surface area contributed by atoms with Crippen molar-refractivity contribution in [3.05, 3.63) is 102 Å². The zero-order chi connectivity index (χ0) is 42.9. The molecule has 2 aromatic heterocycles. The number of hydrogen-bond donors (Lipinski definition) is 2. The first kappa shape index (κ1) is 41.2. The van der Waals surface area contributed by atoms with Gasteiger partial charge in [-0.25, -0.2) is 4.98 Å². The molecule has 8 rings (SSSR count). The maximum absolute atomic E-state index is 13.6. The van der Waals surface area contributed by atoms with Crippen LogP contribution >= 0.6 is 0 Å². The van der Waals surface area contributed by atoms with E-state index >= 15 is 0 Å². The number of amides is 5. The Morgan fingerprint density at radius 3 is 2.49 bits per heavy atom. The number of likely N-dealkylation sites (tertiary alicyclic amines) is 1. The van der Waals surface area contributed by atoms with E-state index in [4.69, 9.17) is 9.40 Å². The third kappa shape index (κ3) is 8.98. The highest BCUT2D eigenvalue weighted by atomic mass is 19.3. The Morgan fingerprint density at radius 2 is 1.74 bits per heavy atom. The van der Waals surface area contributed by atoms with Crippen molar-refractivity contribution in [3.63, 3.8) is 0 Å². The number of nitrogens with one attached hydrogen (secondary N) is 2. The van der Waals surface area contributed by atoms with Crippen molar-refractivity contribution in [1.82, 2.24) is 20.1 Å². The second-order valence-corrected chi connectivity index (χ2v) is 15.9. The maximum atomic E-state index is 13.6. The van der Waals surface area contributed by atoms with Crippen LogP contribution in [0.3, 0.4) is 0 Å². The fraction of sp³-hybridized carbons (Fsp3) is 0.378. The Balaban J connectivity index is 0.00000330. The molecule has 0 radical (unpaired) electrons. The minimum absolute atomic E-state index is 0. The number of piperidine rings is 1. The summed E-state index contributed by atoms with van der Waals surface area (Å²) in [6.45, 7) is 7.78. The highest BCUT2D eigenvalue weighted by Gasteiger charge is 2.53.